The predicted octanol–water partition coefficient (Wildman–Crippen LogP) is 2.86. The van der Waals surface area contributed by atoms with Crippen molar-refractivity contribution in [2.45, 2.75) is 6.54 Å². The van der Waals surface area contributed by atoms with Gasteiger partial charge in [0, 0.05) is 9.93 Å². The molecule has 1 aromatic rings. The maximum Gasteiger partial charge on any atom is 0.120 e. The number of hydrogen-bond donors (Lipinski definition) is 1. The number of phenolic OH excluding ortho intramolecular Hbond substituents is 1. The summed E-state index contributed by atoms with van der Waals surface area (Å²) < 4.78 is 0. The van der Waals surface area contributed by atoms with E-state index >= 15 is 0 Å². The van der Waals surface area contributed by atoms with Gasteiger partial charge in [-0.15, -0.1) is 0 Å². The van der Waals surface area contributed by atoms with Gasteiger partial charge in [0.05, 0.1) is 6.54 Å². The minimum absolute atomic E-state index is 0.0508. The molecule has 1 rings (SSSR count). The molecule has 0 amide bonds. The van der Waals surface area contributed by atoms with Crippen LogP contribution < -0.4 is 0 Å². The largest absolute Gasteiger partial charge is 0.508 e. The Morgan fingerprint density at radius 1 is 1.58 bits per heavy atom. The van der Waals surface area contributed by atoms with E-state index in [-0.39, 0.29) is 12.3 Å². The van der Waals surface area contributed by atoms with Crippen molar-refractivity contribution in [1.82, 2.24) is 0 Å². The third-order valence-electron chi connectivity index (χ3n) is 1.35. The summed E-state index contributed by atoms with van der Waals surface area (Å²) in [6.07, 6.45) is 0. The Morgan fingerprint density at radius 2 is 2.33 bits per heavy atom. The van der Waals surface area contributed by atoms with Gasteiger partial charge < -0.3 is 5.11 Å². The van der Waals surface area contributed by atoms with Gasteiger partial charge in [-0.1, -0.05) is 22.8 Å². The standard InChI is InChI=1S/C7H6ClN3O/c8-6-2-1-5(4-10-11-9)7(12)3-6/h1-3,12H,4H2. The Morgan fingerprint density at radius 3 is 2.92 bits per heavy atom. The molecular weight excluding hydrogens is 178 g/mol. The number of azide groups is 1. The van der Waals surface area contributed by atoms with Crippen LogP contribution in [0.3, 0.4) is 0 Å². The third kappa shape index (κ3) is 2.05. The van der Waals surface area contributed by atoms with Crippen LogP contribution in [0.25, 0.3) is 10.4 Å². The molecular formula is C7H6ClN3O. The maximum atomic E-state index is 9.25. The van der Waals surface area contributed by atoms with Gasteiger partial charge >= 0.3 is 0 Å². The lowest BCUT2D eigenvalue weighted by Crippen LogP contribution is -1.80. The van der Waals surface area contributed by atoms with Crippen LogP contribution in [0.4, 0.5) is 0 Å². The summed E-state index contributed by atoms with van der Waals surface area (Å²) in [6, 6.07) is 4.65. The summed E-state index contributed by atoms with van der Waals surface area (Å²) in [5, 5.41) is 13.0. The van der Waals surface area contributed by atoms with Crippen molar-refractivity contribution in [2.24, 2.45) is 5.11 Å². The third-order valence-corrected chi connectivity index (χ3v) is 1.59. The second-order valence-electron chi connectivity index (χ2n) is 2.16. The molecule has 0 bridgehead atoms. The van der Waals surface area contributed by atoms with Gasteiger partial charge in [-0.05, 0) is 23.2 Å². The number of nitrogens with zero attached hydrogens (tertiary/aromatic N) is 3. The van der Waals surface area contributed by atoms with Gasteiger partial charge in [0.1, 0.15) is 5.75 Å². The summed E-state index contributed by atoms with van der Waals surface area (Å²) in [6.45, 7) is 0.138. The van der Waals surface area contributed by atoms with E-state index in [0.717, 1.165) is 0 Å². The summed E-state index contributed by atoms with van der Waals surface area (Å²) in [5.41, 5.74) is 8.59. The van der Waals surface area contributed by atoms with Crippen LogP contribution in [0.15, 0.2) is 23.3 Å². The molecule has 0 aliphatic rings. The zero-order valence-corrected chi connectivity index (χ0v) is 6.86. The molecule has 62 valence electrons. The summed E-state index contributed by atoms with van der Waals surface area (Å²) >= 11 is 5.59. The molecule has 12 heavy (non-hydrogen) atoms. The zero-order chi connectivity index (χ0) is 8.97. The Kier molecular flexibility index (Phi) is 2.80. The van der Waals surface area contributed by atoms with Gasteiger partial charge in [-0.2, -0.15) is 0 Å². The number of phenols is 1. The van der Waals surface area contributed by atoms with Gasteiger partial charge in [-0.3, -0.25) is 0 Å². The molecule has 0 spiro atoms. The highest BCUT2D eigenvalue weighted by atomic mass is 35.5. The van der Waals surface area contributed by atoms with E-state index in [2.05, 4.69) is 10.0 Å². The molecule has 0 saturated carbocycles. The molecule has 4 nitrogen and oxygen atoms in total. The highest BCUT2D eigenvalue weighted by molar-refractivity contribution is 6.30. The quantitative estimate of drug-likeness (QED) is 0.428. The minimum Gasteiger partial charge on any atom is -0.508 e. The van der Waals surface area contributed by atoms with Crippen molar-refractivity contribution in [3.63, 3.8) is 0 Å². The normalized spacial score (nSPS) is 9.08. The molecule has 0 aromatic heterocycles. The van der Waals surface area contributed by atoms with Gasteiger partial charge in [0.25, 0.3) is 0 Å². The number of hydrogen-bond acceptors (Lipinski definition) is 2. The van der Waals surface area contributed by atoms with E-state index in [9.17, 15) is 5.11 Å². The first-order valence-corrected chi connectivity index (χ1v) is 3.60. The van der Waals surface area contributed by atoms with Crippen LogP contribution in [-0.2, 0) is 6.54 Å². The molecule has 0 aliphatic carbocycles. The van der Waals surface area contributed by atoms with E-state index in [1.165, 1.54) is 6.07 Å². The molecule has 0 unspecified atom stereocenters. The fourth-order valence-corrected chi connectivity index (χ4v) is 0.945. The monoisotopic (exact) mass is 183 g/mol. The highest BCUT2D eigenvalue weighted by Crippen LogP contribution is 2.22. The highest BCUT2D eigenvalue weighted by Gasteiger charge is 1.99. The van der Waals surface area contributed by atoms with Crippen molar-refractivity contribution >= 4 is 11.6 Å². The Labute approximate surface area is 74.0 Å². The first-order chi connectivity index (χ1) is 5.74. The first-order valence-electron chi connectivity index (χ1n) is 3.22. The van der Waals surface area contributed by atoms with E-state index < -0.39 is 0 Å². The van der Waals surface area contributed by atoms with Crippen LogP contribution in [0, 0.1) is 0 Å². The lowest BCUT2D eigenvalue weighted by Gasteiger charge is -1.99. The van der Waals surface area contributed by atoms with Crippen LogP contribution in [-0.4, -0.2) is 5.11 Å². The molecule has 0 aliphatic heterocycles. The SMILES string of the molecule is [N-]=[N+]=NCc1ccc(Cl)cc1O. The number of halogens is 1. The van der Waals surface area contributed by atoms with Crippen LogP contribution in [0.5, 0.6) is 5.75 Å². The number of aromatic hydroxyl groups is 1. The molecule has 0 saturated heterocycles. The van der Waals surface area contributed by atoms with Crippen molar-refractivity contribution in [3.05, 3.63) is 39.2 Å². The van der Waals surface area contributed by atoms with Gasteiger partial charge in [-0.25, -0.2) is 0 Å². The lowest BCUT2D eigenvalue weighted by molar-refractivity contribution is 0.468. The summed E-state index contributed by atoms with van der Waals surface area (Å²) in [5.74, 6) is 0.0508. The predicted molar refractivity (Wildman–Crippen MR) is 46.0 cm³/mol. The zero-order valence-electron chi connectivity index (χ0n) is 6.11. The Bertz CT molecular complexity index is 333. The van der Waals surface area contributed by atoms with E-state index in [4.69, 9.17) is 17.1 Å². The molecule has 0 radical (unpaired) electrons. The maximum absolute atomic E-state index is 9.25. The Balaban J connectivity index is 2.93. The number of benzene rings is 1. The fraction of sp³-hybridized carbons (Fsp3) is 0.143. The van der Waals surface area contributed by atoms with Crippen molar-refractivity contribution in [3.8, 4) is 5.75 Å². The number of rotatable bonds is 2. The molecule has 0 atom stereocenters. The van der Waals surface area contributed by atoms with Crippen molar-refractivity contribution in [1.29, 1.82) is 0 Å². The Hall–Kier alpha value is -1.38. The van der Waals surface area contributed by atoms with Crippen LogP contribution in [0.2, 0.25) is 5.02 Å². The molecule has 1 N–H and O–H groups in total. The molecule has 1 aromatic carbocycles. The van der Waals surface area contributed by atoms with E-state index in [1.54, 1.807) is 12.1 Å². The minimum atomic E-state index is 0.0508. The average Bonchev–Trinajstić information content (AvgIpc) is 2.03. The first kappa shape index (κ1) is 8.71. The summed E-state index contributed by atoms with van der Waals surface area (Å²) in [4.78, 5) is 2.58. The average molecular weight is 184 g/mol. The smallest absolute Gasteiger partial charge is 0.120 e. The second kappa shape index (κ2) is 3.85. The fourth-order valence-electron chi connectivity index (χ4n) is 0.779. The van der Waals surface area contributed by atoms with Crippen molar-refractivity contribution in [2.75, 3.05) is 0 Å². The molecule has 0 fully saturated rings. The van der Waals surface area contributed by atoms with Crippen molar-refractivity contribution < 1.29 is 5.11 Å². The van der Waals surface area contributed by atoms with Gasteiger partial charge in [0.2, 0.25) is 0 Å². The molecule has 5 heteroatoms. The van der Waals surface area contributed by atoms with Gasteiger partial charge in [0.15, 0.2) is 0 Å². The van der Waals surface area contributed by atoms with Crippen LogP contribution in [0.1, 0.15) is 5.56 Å². The second-order valence-corrected chi connectivity index (χ2v) is 2.60. The van der Waals surface area contributed by atoms with E-state index in [0.29, 0.717) is 10.6 Å². The topological polar surface area (TPSA) is 69.0 Å². The molecule has 0 heterocycles. The summed E-state index contributed by atoms with van der Waals surface area (Å²) in [7, 11) is 0. The van der Waals surface area contributed by atoms with Crippen LogP contribution >= 0.6 is 11.6 Å². The van der Waals surface area contributed by atoms with E-state index in [1.807, 2.05) is 0 Å². The lowest BCUT2D eigenvalue weighted by atomic mass is 10.2.